The van der Waals surface area contributed by atoms with Gasteiger partial charge in [0.25, 0.3) is 11.1 Å². The topological polar surface area (TPSA) is 99.9 Å². The van der Waals surface area contributed by atoms with E-state index in [2.05, 4.69) is 5.32 Å². The van der Waals surface area contributed by atoms with Crippen molar-refractivity contribution >= 4 is 46.5 Å². The zero-order valence-electron chi connectivity index (χ0n) is 13.3. The fourth-order valence-electron chi connectivity index (χ4n) is 2.20. The van der Waals surface area contributed by atoms with Gasteiger partial charge in [0.2, 0.25) is 5.91 Å². The van der Waals surface area contributed by atoms with Gasteiger partial charge in [0.05, 0.1) is 22.7 Å². The average molecular weight is 393 g/mol. The average Bonchev–Trinajstić information content (AvgIpc) is 3.21. The van der Waals surface area contributed by atoms with Gasteiger partial charge in [-0.15, -0.1) is 0 Å². The van der Waals surface area contributed by atoms with Crippen LogP contribution in [0.2, 0.25) is 5.02 Å². The van der Waals surface area contributed by atoms with Crippen molar-refractivity contribution in [3.8, 4) is 5.75 Å². The molecular weight excluding hydrogens is 380 g/mol. The quantitative estimate of drug-likeness (QED) is 0.759. The SMILES string of the molecule is O=C(CN1C(=O)S/C(=C\c2ccc(O)c(Cl)c2)C1=O)NCc1ccco1. The standard InChI is InChI=1S/C17H13ClN2O5S/c18-12-6-10(3-4-13(12)21)7-14-16(23)20(17(24)26-14)9-15(22)19-8-11-2-1-5-25-11/h1-7,21H,8-9H2,(H,19,22)/b14-7-. The number of nitrogens with zero attached hydrogens (tertiary/aromatic N) is 1. The third-order valence-corrected chi connectivity index (χ3v) is 4.69. The molecule has 1 aliphatic rings. The fraction of sp³-hybridized carbons (Fsp3) is 0.118. The molecule has 134 valence electrons. The lowest BCUT2D eigenvalue weighted by Gasteiger charge is -2.11. The number of halogens is 1. The smallest absolute Gasteiger partial charge is 0.294 e. The lowest BCUT2D eigenvalue weighted by molar-refractivity contribution is -0.129. The second-order valence-corrected chi connectivity index (χ2v) is 6.74. The summed E-state index contributed by atoms with van der Waals surface area (Å²) in [6.07, 6.45) is 2.97. The highest BCUT2D eigenvalue weighted by Gasteiger charge is 2.36. The van der Waals surface area contributed by atoms with E-state index in [9.17, 15) is 19.5 Å². The number of rotatable bonds is 5. The molecule has 3 rings (SSSR count). The van der Waals surface area contributed by atoms with E-state index in [1.165, 1.54) is 24.5 Å². The van der Waals surface area contributed by atoms with Crippen molar-refractivity contribution in [3.63, 3.8) is 0 Å². The Bertz CT molecular complexity index is 895. The molecule has 2 heterocycles. The van der Waals surface area contributed by atoms with E-state index >= 15 is 0 Å². The predicted octanol–water partition coefficient (Wildman–Crippen LogP) is 2.99. The minimum absolute atomic E-state index is 0.0786. The van der Waals surface area contributed by atoms with Crippen molar-refractivity contribution < 1.29 is 23.9 Å². The van der Waals surface area contributed by atoms with Gasteiger partial charge >= 0.3 is 0 Å². The number of furan rings is 1. The summed E-state index contributed by atoms with van der Waals surface area (Å²) in [4.78, 5) is 37.4. The third-order valence-electron chi connectivity index (χ3n) is 3.48. The molecule has 26 heavy (non-hydrogen) atoms. The number of amides is 3. The number of aromatic hydroxyl groups is 1. The molecule has 1 saturated heterocycles. The van der Waals surface area contributed by atoms with Crippen LogP contribution in [0.4, 0.5) is 4.79 Å². The van der Waals surface area contributed by atoms with E-state index in [1.807, 2.05) is 0 Å². The van der Waals surface area contributed by atoms with Crippen molar-refractivity contribution in [2.24, 2.45) is 0 Å². The number of thioether (sulfide) groups is 1. The maximum atomic E-state index is 12.4. The number of benzene rings is 1. The molecule has 1 fully saturated rings. The Hall–Kier alpha value is -2.71. The molecule has 0 atom stereocenters. The van der Waals surface area contributed by atoms with Crippen LogP contribution < -0.4 is 5.32 Å². The molecule has 2 N–H and O–H groups in total. The Kier molecular flexibility index (Phi) is 5.34. The van der Waals surface area contributed by atoms with E-state index in [-0.39, 0.29) is 28.8 Å². The molecular formula is C17H13ClN2O5S. The number of imide groups is 1. The fourth-order valence-corrected chi connectivity index (χ4v) is 3.23. The number of phenolic OH excluding ortho intramolecular Hbond substituents is 1. The van der Waals surface area contributed by atoms with E-state index in [1.54, 1.807) is 18.2 Å². The lowest BCUT2D eigenvalue weighted by atomic mass is 10.2. The molecule has 0 radical (unpaired) electrons. The number of carbonyl (C=O) groups excluding carboxylic acids is 3. The monoisotopic (exact) mass is 392 g/mol. The Balaban J connectivity index is 1.65. The lowest BCUT2D eigenvalue weighted by Crippen LogP contribution is -2.39. The van der Waals surface area contributed by atoms with E-state index in [4.69, 9.17) is 16.0 Å². The van der Waals surface area contributed by atoms with Crippen molar-refractivity contribution in [2.75, 3.05) is 6.54 Å². The van der Waals surface area contributed by atoms with E-state index in [0.717, 1.165) is 16.7 Å². The van der Waals surface area contributed by atoms with Gasteiger partial charge in [-0.3, -0.25) is 19.3 Å². The van der Waals surface area contributed by atoms with Gasteiger partial charge in [-0.1, -0.05) is 17.7 Å². The van der Waals surface area contributed by atoms with Crippen LogP contribution >= 0.6 is 23.4 Å². The van der Waals surface area contributed by atoms with Crippen LogP contribution in [0.1, 0.15) is 11.3 Å². The predicted molar refractivity (Wildman–Crippen MR) is 96.3 cm³/mol. The first-order chi connectivity index (χ1) is 12.4. The van der Waals surface area contributed by atoms with Gasteiger partial charge in [0.1, 0.15) is 18.1 Å². The molecule has 1 aromatic carbocycles. The highest BCUT2D eigenvalue weighted by Crippen LogP contribution is 2.33. The maximum absolute atomic E-state index is 12.4. The van der Waals surface area contributed by atoms with Gasteiger partial charge in [0, 0.05) is 0 Å². The number of hydrogen-bond acceptors (Lipinski definition) is 6. The van der Waals surface area contributed by atoms with Crippen LogP contribution in [0, 0.1) is 0 Å². The Labute approximate surface area is 157 Å². The van der Waals surface area contributed by atoms with Gasteiger partial charge < -0.3 is 14.8 Å². The summed E-state index contributed by atoms with van der Waals surface area (Å²) in [6, 6.07) is 7.82. The second-order valence-electron chi connectivity index (χ2n) is 5.33. The van der Waals surface area contributed by atoms with E-state index < -0.39 is 17.1 Å². The van der Waals surface area contributed by atoms with Crippen molar-refractivity contribution in [2.45, 2.75) is 6.54 Å². The number of carbonyl (C=O) groups is 3. The van der Waals surface area contributed by atoms with Crippen LogP contribution in [0.5, 0.6) is 5.75 Å². The first-order valence-corrected chi connectivity index (χ1v) is 8.66. The van der Waals surface area contributed by atoms with Gasteiger partial charge in [0.15, 0.2) is 0 Å². The molecule has 9 heteroatoms. The Morgan fingerprint density at radius 1 is 1.35 bits per heavy atom. The van der Waals surface area contributed by atoms with Crippen LogP contribution in [0.25, 0.3) is 6.08 Å². The van der Waals surface area contributed by atoms with Crippen molar-refractivity contribution in [1.29, 1.82) is 0 Å². The first-order valence-electron chi connectivity index (χ1n) is 7.47. The van der Waals surface area contributed by atoms with Crippen molar-refractivity contribution in [1.82, 2.24) is 10.2 Å². The second kappa shape index (κ2) is 7.67. The van der Waals surface area contributed by atoms with Crippen LogP contribution in [0.3, 0.4) is 0 Å². The highest BCUT2D eigenvalue weighted by molar-refractivity contribution is 8.18. The Morgan fingerprint density at radius 2 is 2.15 bits per heavy atom. The third kappa shape index (κ3) is 4.09. The summed E-state index contributed by atoms with van der Waals surface area (Å²) in [5, 5.41) is 11.6. The molecule has 0 bridgehead atoms. The highest BCUT2D eigenvalue weighted by atomic mass is 35.5. The molecule has 2 aromatic rings. The minimum atomic E-state index is -0.558. The molecule has 1 aromatic heterocycles. The number of phenols is 1. The number of hydrogen-bond donors (Lipinski definition) is 2. The molecule has 3 amide bonds. The van der Waals surface area contributed by atoms with Gasteiger partial charge in [-0.25, -0.2) is 0 Å². The molecule has 7 nitrogen and oxygen atoms in total. The molecule has 0 aliphatic carbocycles. The van der Waals surface area contributed by atoms with Crippen molar-refractivity contribution in [3.05, 3.63) is 57.8 Å². The summed E-state index contributed by atoms with van der Waals surface area (Å²) in [6.45, 7) is -0.205. The summed E-state index contributed by atoms with van der Waals surface area (Å²) in [7, 11) is 0. The van der Waals surface area contributed by atoms with Crippen LogP contribution in [0.15, 0.2) is 45.9 Å². The van der Waals surface area contributed by atoms with Crippen LogP contribution in [-0.2, 0) is 16.1 Å². The maximum Gasteiger partial charge on any atom is 0.294 e. The zero-order valence-corrected chi connectivity index (χ0v) is 14.8. The van der Waals surface area contributed by atoms with Crippen LogP contribution in [-0.4, -0.2) is 33.6 Å². The molecule has 0 unspecified atom stereocenters. The molecule has 1 aliphatic heterocycles. The molecule has 0 spiro atoms. The van der Waals surface area contributed by atoms with Gasteiger partial charge in [-0.05, 0) is 47.7 Å². The first kappa shape index (κ1) is 18.1. The van der Waals surface area contributed by atoms with E-state index in [0.29, 0.717) is 11.3 Å². The minimum Gasteiger partial charge on any atom is -0.506 e. The number of nitrogens with one attached hydrogen (secondary N) is 1. The summed E-state index contributed by atoms with van der Waals surface area (Å²) in [5.74, 6) is -0.545. The molecule has 0 saturated carbocycles. The largest absolute Gasteiger partial charge is 0.506 e. The summed E-state index contributed by atoms with van der Waals surface area (Å²) >= 11 is 6.57. The van der Waals surface area contributed by atoms with Gasteiger partial charge in [-0.2, -0.15) is 0 Å². The summed E-state index contributed by atoms with van der Waals surface area (Å²) < 4.78 is 5.09. The Morgan fingerprint density at radius 3 is 2.85 bits per heavy atom. The normalized spacial score (nSPS) is 15.7. The summed E-state index contributed by atoms with van der Waals surface area (Å²) in [5.41, 5.74) is 0.556. The zero-order chi connectivity index (χ0) is 18.7.